The van der Waals surface area contributed by atoms with Gasteiger partial charge in [-0.2, -0.15) is 0 Å². The van der Waals surface area contributed by atoms with Crippen LogP contribution >= 0.6 is 11.3 Å². The number of thiazole rings is 1. The molecule has 0 bridgehead atoms. The number of carboxylic acid groups (broad SMARTS) is 1. The Morgan fingerprint density at radius 2 is 2.06 bits per heavy atom. The number of rotatable bonds is 7. The smallest absolute Gasteiger partial charge is 0.356 e. The van der Waals surface area contributed by atoms with Gasteiger partial charge in [-0.15, -0.1) is 0 Å². The van der Waals surface area contributed by atoms with Crippen LogP contribution in [-0.4, -0.2) is 35.4 Å². The van der Waals surface area contributed by atoms with Gasteiger partial charge >= 0.3 is 5.97 Å². The van der Waals surface area contributed by atoms with Crippen molar-refractivity contribution in [1.82, 2.24) is 4.98 Å². The molecule has 1 aromatic rings. The molecule has 0 aliphatic rings. The molecule has 1 rings (SSSR count). The van der Waals surface area contributed by atoms with Crippen LogP contribution < -0.4 is 4.90 Å². The molecule has 18 heavy (non-hydrogen) atoms. The number of carboxylic acids is 1. The molecule has 0 saturated carbocycles. The number of Topliss-reactive ketones (excluding diaryl/α,β-unsaturated/α-hetero) is 1. The summed E-state index contributed by atoms with van der Waals surface area (Å²) in [5, 5.41) is 9.59. The molecule has 0 unspecified atom stereocenters. The van der Waals surface area contributed by atoms with Crippen molar-refractivity contribution in [1.29, 1.82) is 0 Å². The Hall–Kier alpha value is -1.43. The molecule has 0 fully saturated rings. The summed E-state index contributed by atoms with van der Waals surface area (Å²) < 4.78 is 0. The Balaban J connectivity index is 2.87. The molecular weight excluding hydrogens is 252 g/mol. The van der Waals surface area contributed by atoms with Crippen LogP contribution in [0.4, 0.5) is 5.13 Å². The summed E-state index contributed by atoms with van der Waals surface area (Å²) in [4.78, 5) is 28.5. The van der Waals surface area contributed by atoms with Gasteiger partial charge in [0.1, 0.15) is 4.88 Å². The van der Waals surface area contributed by atoms with Crippen molar-refractivity contribution < 1.29 is 14.7 Å². The third-order valence-corrected chi connectivity index (χ3v) is 3.83. The average Bonchev–Trinajstić information content (AvgIpc) is 2.74. The molecule has 100 valence electrons. The summed E-state index contributed by atoms with van der Waals surface area (Å²) in [6.07, 6.45) is 3.29. The first-order chi connectivity index (χ1) is 8.47. The molecular formula is C12H18N2O3S. The lowest BCUT2D eigenvalue weighted by atomic mass is 10.2. The first-order valence-electron chi connectivity index (χ1n) is 5.93. The predicted molar refractivity (Wildman–Crippen MR) is 71.9 cm³/mol. The number of nitrogens with zero attached hydrogens (tertiary/aromatic N) is 2. The second-order valence-electron chi connectivity index (χ2n) is 4.16. The number of unbranched alkanes of at least 4 members (excludes halogenated alkanes) is 2. The van der Waals surface area contributed by atoms with Crippen LogP contribution in [-0.2, 0) is 0 Å². The van der Waals surface area contributed by atoms with Crippen molar-refractivity contribution in [2.75, 3.05) is 18.5 Å². The van der Waals surface area contributed by atoms with E-state index in [1.54, 1.807) is 0 Å². The van der Waals surface area contributed by atoms with Crippen LogP contribution in [0.1, 0.15) is 53.3 Å². The van der Waals surface area contributed by atoms with Crippen molar-refractivity contribution in [3.63, 3.8) is 0 Å². The summed E-state index contributed by atoms with van der Waals surface area (Å²) in [5.74, 6) is -1.40. The number of hydrogen-bond donors (Lipinski definition) is 1. The fourth-order valence-corrected chi connectivity index (χ4v) is 2.49. The van der Waals surface area contributed by atoms with Crippen LogP contribution in [0.3, 0.4) is 0 Å². The van der Waals surface area contributed by atoms with Gasteiger partial charge < -0.3 is 10.0 Å². The highest BCUT2D eigenvalue weighted by Gasteiger charge is 2.21. The van der Waals surface area contributed by atoms with E-state index >= 15 is 0 Å². The van der Waals surface area contributed by atoms with Crippen molar-refractivity contribution >= 4 is 28.2 Å². The van der Waals surface area contributed by atoms with Crippen LogP contribution in [0.25, 0.3) is 0 Å². The molecule has 0 atom stereocenters. The van der Waals surface area contributed by atoms with Gasteiger partial charge in [0, 0.05) is 20.5 Å². The Morgan fingerprint density at radius 1 is 1.39 bits per heavy atom. The van der Waals surface area contributed by atoms with Gasteiger partial charge in [0.2, 0.25) is 0 Å². The molecule has 0 amide bonds. The standard InChI is InChI=1S/C12H18N2O3S/c1-4-5-6-7-14(3)12-13-9(11(16)17)10(18-12)8(2)15/h4-7H2,1-3H3,(H,16,17). The lowest BCUT2D eigenvalue weighted by Gasteiger charge is -2.14. The SMILES string of the molecule is CCCCCN(C)c1nc(C(=O)O)c(C(C)=O)s1. The molecule has 0 aliphatic heterocycles. The third kappa shape index (κ3) is 3.53. The quantitative estimate of drug-likeness (QED) is 0.609. The minimum atomic E-state index is -1.15. The first-order valence-corrected chi connectivity index (χ1v) is 6.75. The highest BCUT2D eigenvalue weighted by molar-refractivity contribution is 7.17. The maximum atomic E-state index is 11.4. The number of ketones is 1. The Labute approximate surface area is 110 Å². The van der Waals surface area contributed by atoms with Gasteiger partial charge in [0.15, 0.2) is 16.6 Å². The van der Waals surface area contributed by atoms with Crippen LogP contribution in [0.5, 0.6) is 0 Å². The molecule has 6 heteroatoms. The van der Waals surface area contributed by atoms with Crippen molar-refractivity contribution in [3.8, 4) is 0 Å². The Kier molecular flexibility index (Phi) is 5.27. The lowest BCUT2D eigenvalue weighted by molar-refractivity contribution is 0.0687. The second-order valence-corrected chi connectivity index (χ2v) is 5.14. The minimum absolute atomic E-state index is 0.134. The van der Waals surface area contributed by atoms with Crippen LogP contribution in [0.15, 0.2) is 0 Å². The number of carbonyl (C=O) groups excluding carboxylic acids is 1. The minimum Gasteiger partial charge on any atom is -0.476 e. The van der Waals surface area contributed by atoms with Gasteiger partial charge in [-0.3, -0.25) is 4.79 Å². The number of carbonyl (C=O) groups is 2. The van der Waals surface area contributed by atoms with Crippen LogP contribution in [0.2, 0.25) is 0 Å². The predicted octanol–water partition coefficient (Wildman–Crippen LogP) is 2.67. The summed E-state index contributed by atoms with van der Waals surface area (Å²) in [5.41, 5.74) is -0.134. The molecule has 5 nitrogen and oxygen atoms in total. The summed E-state index contributed by atoms with van der Waals surface area (Å²) in [6, 6.07) is 0. The van der Waals surface area contributed by atoms with E-state index in [-0.39, 0.29) is 16.4 Å². The molecule has 0 spiro atoms. The molecule has 1 N–H and O–H groups in total. The summed E-state index contributed by atoms with van der Waals surface area (Å²) in [6.45, 7) is 4.30. The largest absolute Gasteiger partial charge is 0.476 e. The van der Waals surface area contributed by atoms with Gasteiger partial charge in [-0.1, -0.05) is 31.1 Å². The summed E-state index contributed by atoms with van der Waals surface area (Å²) in [7, 11) is 1.87. The van der Waals surface area contributed by atoms with Crippen LogP contribution in [0, 0.1) is 0 Å². The van der Waals surface area contributed by atoms with E-state index in [0.717, 1.165) is 37.1 Å². The van der Waals surface area contributed by atoms with E-state index in [2.05, 4.69) is 11.9 Å². The fraction of sp³-hybridized carbons (Fsp3) is 0.583. The zero-order chi connectivity index (χ0) is 13.7. The topological polar surface area (TPSA) is 70.5 Å². The van der Waals surface area contributed by atoms with Gasteiger partial charge in [0.05, 0.1) is 0 Å². The fourth-order valence-electron chi connectivity index (χ4n) is 1.55. The normalized spacial score (nSPS) is 10.4. The zero-order valence-electron chi connectivity index (χ0n) is 10.9. The monoisotopic (exact) mass is 270 g/mol. The molecule has 1 aromatic heterocycles. The maximum Gasteiger partial charge on any atom is 0.356 e. The van der Waals surface area contributed by atoms with Gasteiger partial charge in [-0.25, -0.2) is 9.78 Å². The lowest BCUT2D eigenvalue weighted by Crippen LogP contribution is -2.18. The van der Waals surface area contributed by atoms with E-state index in [1.165, 1.54) is 6.92 Å². The maximum absolute atomic E-state index is 11.4. The molecule has 0 saturated heterocycles. The summed E-state index contributed by atoms with van der Waals surface area (Å²) >= 11 is 1.15. The number of hydrogen-bond acceptors (Lipinski definition) is 5. The number of anilines is 1. The van der Waals surface area contributed by atoms with E-state index in [0.29, 0.717) is 5.13 Å². The highest BCUT2D eigenvalue weighted by Crippen LogP contribution is 2.26. The van der Waals surface area contributed by atoms with E-state index in [1.807, 2.05) is 11.9 Å². The van der Waals surface area contributed by atoms with E-state index in [9.17, 15) is 9.59 Å². The zero-order valence-corrected chi connectivity index (χ0v) is 11.7. The number of aromatic carboxylic acids is 1. The molecule has 1 heterocycles. The molecule has 0 aromatic carbocycles. The van der Waals surface area contributed by atoms with E-state index < -0.39 is 5.97 Å². The molecule has 0 aliphatic carbocycles. The highest BCUT2D eigenvalue weighted by atomic mass is 32.1. The van der Waals surface area contributed by atoms with Gasteiger partial charge in [0.25, 0.3) is 0 Å². The van der Waals surface area contributed by atoms with E-state index in [4.69, 9.17) is 5.11 Å². The number of aromatic nitrogens is 1. The average molecular weight is 270 g/mol. The second kappa shape index (κ2) is 6.49. The van der Waals surface area contributed by atoms with Crippen molar-refractivity contribution in [2.45, 2.75) is 33.1 Å². The Bertz CT molecular complexity index is 411. The van der Waals surface area contributed by atoms with Crippen molar-refractivity contribution in [2.24, 2.45) is 0 Å². The van der Waals surface area contributed by atoms with Crippen molar-refractivity contribution in [3.05, 3.63) is 10.6 Å². The molecule has 0 radical (unpaired) electrons. The first kappa shape index (κ1) is 14.6. The van der Waals surface area contributed by atoms with Gasteiger partial charge in [-0.05, 0) is 6.42 Å². The third-order valence-electron chi connectivity index (χ3n) is 2.56. The Morgan fingerprint density at radius 3 is 2.50 bits per heavy atom.